The molecule has 0 N–H and O–H groups in total. The van der Waals surface area contributed by atoms with Crippen LogP contribution in [0.4, 0.5) is 0 Å². The molecule has 0 bridgehead atoms. The van der Waals surface area contributed by atoms with Crippen molar-refractivity contribution in [3.8, 4) is 29.1 Å². The number of hydrogen-bond acceptors (Lipinski definition) is 4. The number of aromatic nitrogens is 1. The molecule has 5 heteroatoms. The molecule has 1 saturated carbocycles. The van der Waals surface area contributed by atoms with Gasteiger partial charge in [0.1, 0.15) is 5.75 Å². The number of benzene rings is 2. The topological polar surface area (TPSA) is 49.7 Å². The highest BCUT2D eigenvalue weighted by Gasteiger charge is 2.24. The molecule has 1 aromatic heterocycles. The summed E-state index contributed by atoms with van der Waals surface area (Å²) in [5, 5.41) is 0. The van der Waals surface area contributed by atoms with Gasteiger partial charge < -0.3 is 18.8 Å². The Morgan fingerprint density at radius 1 is 1.06 bits per heavy atom. The Hall–Kier alpha value is -3.65. The standard InChI is InChI=1S/C27H25NO4/c1-18-15-23(30-17-27-31-24-5-3-4-6-25(24)32-27)16-26(29)28(18)19(2)22-13-11-21(12-14-22)10-9-20-7-8-20/h3-6,11-16,19-20,27H,7-8,17H2,1-2H3/t19-/m1/s1. The van der Waals surface area contributed by atoms with Gasteiger partial charge in [-0.1, -0.05) is 36.1 Å². The van der Waals surface area contributed by atoms with Gasteiger partial charge in [0.2, 0.25) is 0 Å². The van der Waals surface area contributed by atoms with E-state index in [-0.39, 0.29) is 18.2 Å². The van der Waals surface area contributed by atoms with Crippen LogP contribution < -0.4 is 19.8 Å². The minimum absolute atomic E-state index is 0.0991. The van der Waals surface area contributed by atoms with Crippen LogP contribution >= 0.6 is 0 Å². The Morgan fingerprint density at radius 3 is 2.38 bits per heavy atom. The highest BCUT2D eigenvalue weighted by Crippen LogP contribution is 2.34. The predicted octanol–water partition coefficient (Wildman–Crippen LogP) is 4.70. The summed E-state index contributed by atoms with van der Waals surface area (Å²) in [7, 11) is 0. The molecule has 32 heavy (non-hydrogen) atoms. The van der Waals surface area contributed by atoms with Crippen LogP contribution in [-0.4, -0.2) is 17.5 Å². The van der Waals surface area contributed by atoms with Crippen LogP contribution in [0.15, 0.2) is 65.5 Å². The van der Waals surface area contributed by atoms with Crippen molar-refractivity contribution in [2.75, 3.05) is 6.61 Å². The first-order valence-corrected chi connectivity index (χ1v) is 11.0. The minimum Gasteiger partial charge on any atom is -0.486 e. The SMILES string of the molecule is Cc1cc(OCC2Oc3ccccc3O2)cc(=O)n1[C@H](C)c1ccc(C#CC2CC2)cc1. The van der Waals surface area contributed by atoms with Crippen molar-refractivity contribution in [1.29, 1.82) is 0 Å². The molecule has 5 rings (SSSR count). The number of pyridine rings is 1. The molecule has 2 aromatic carbocycles. The van der Waals surface area contributed by atoms with Crippen molar-refractivity contribution in [1.82, 2.24) is 4.57 Å². The van der Waals surface area contributed by atoms with Crippen molar-refractivity contribution in [3.05, 3.63) is 87.8 Å². The minimum atomic E-state index is -0.532. The summed E-state index contributed by atoms with van der Waals surface area (Å²) in [5.74, 6) is 8.99. The number of hydrogen-bond donors (Lipinski definition) is 0. The quantitative estimate of drug-likeness (QED) is 0.554. The van der Waals surface area contributed by atoms with E-state index >= 15 is 0 Å². The highest BCUT2D eigenvalue weighted by molar-refractivity contribution is 5.42. The third-order valence-electron chi connectivity index (χ3n) is 5.76. The Morgan fingerprint density at radius 2 is 1.75 bits per heavy atom. The summed E-state index contributed by atoms with van der Waals surface area (Å²) in [6.07, 6.45) is 1.91. The van der Waals surface area contributed by atoms with Gasteiger partial charge >= 0.3 is 0 Å². The molecule has 0 amide bonds. The summed E-state index contributed by atoms with van der Waals surface area (Å²) in [6.45, 7) is 4.13. The van der Waals surface area contributed by atoms with Gasteiger partial charge in [-0.25, -0.2) is 0 Å². The highest BCUT2D eigenvalue weighted by atomic mass is 16.7. The molecule has 1 aliphatic carbocycles. The van der Waals surface area contributed by atoms with E-state index in [2.05, 4.69) is 11.8 Å². The van der Waals surface area contributed by atoms with Crippen molar-refractivity contribution in [2.24, 2.45) is 5.92 Å². The Kier molecular flexibility index (Phi) is 5.36. The van der Waals surface area contributed by atoms with Crippen molar-refractivity contribution < 1.29 is 14.2 Å². The summed E-state index contributed by atoms with van der Waals surface area (Å²) >= 11 is 0. The predicted molar refractivity (Wildman–Crippen MR) is 122 cm³/mol. The fourth-order valence-electron chi connectivity index (χ4n) is 3.85. The molecule has 0 saturated heterocycles. The van der Waals surface area contributed by atoms with Crippen LogP contribution in [0.5, 0.6) is 17.2 Å². The maximum absolute atomic E-state index is 12.9. The summed E-state index contributed by atoms with van der Waals surface area (Å²) < 4.78 is 19.0. The van der Waals surface area contributed by atoms with Gasteiger partial charge in [0, 0.05) is 23.2 Å². The lowest BCUT2D eigenvalue weighted by Gasteiger charge is -2.20. The van der Waals surface area contributed by atoms with Gasteiger partial charge in [0.25, 0.3) is 11.8 Å². The largest absolute Gasteiger partial charge is 0.486 e. The molecule has 0 spiro atoms. The summed E-state index contributed by atoms with van der Waals surface area (Å²) in [6, 6.07) is 18.9. The third kappa shape index (κ3) is 4.36. The fourth-order valence-corrected chi connectivity index (χ4v) is 3.85. The molecule has 2 heterocycles. The number of rotatable bonds is 5. The number of para-hydroxylation sites is 2. The van der Waals surface area contributed by atoms with E-state index in [9.17, 15) is 4.79 Å². The van der Waals surface area contributed by atoms with Crippen LogP contribution in [0.3, 0.4) is 0 Å². The number of nitrogens with zero attached hydrogens (tertiary/aromatic N) is 1. The van der Waals surface area contributed by atoms with Crippen LogP contribution in [0.2, 0.25) is 0 Å². The van der Waals surface area contributed by atoms with E-state index in [1.165, 1.54) is 18.9 Å². The lowest BCUT2D eigenvalue weighted by atomic mass is 10.1. The fraction of sp³-hybridized carbons (Fsp3) is 0.296. The second-order valence-corrected chi connectivity index (χ2v) is 8.31. The molecule has 1 aliphatic heterocycles. The molecule has 162 valence electrons. The number of aryl methyl sites for hydroxylation is 1. The Bertz CT molecular complexity index is 1220. The van der Waals surface area contributed by atoms with Crippen LogP contribution in [0.25, 0.3) is 0 Å². The van der Waals surface area contributed by atoms with E-state index in [0.717, 1.165) is 16.8 Å². The zero-order valence-corrected chi connectivity index (χ0v) is 18.2. The third-order valence-corrected chi connectivity index (χ3v) is 5.76. The Balaban J connectivity index is 1.26. The molecular formula is C27H25NO4. The van der Waals surface area contributed by atoms with Crippen molar-refractivity contribution in [3.63, 3.8) is 0 Å². The average molecular weight is 428 g/mol. The maximum atomic E-state index is 12.9. The molecule has 1 fully saturated rings. The van der Waals surface area contributed by atoms with E-state index in [4.69, 9.17) is 14.2 Å². The number of fused-ring (bicyclic) bond motifs is 1. The van der Waals surface area contributed by atoms with E-state index in [1.807, 2.05) is 68.4 Å². The smallest absolute Gasteiger partial charge is 0.275 e. The average Bonchev–Trinajstić information content (AvgIpc) is 3.53. The summed E-state index contributed by atoms with van der Waals surface area (Å²) in [5.41, 5.74) is 2.79. The molecule has 5 nitrogen and oxygen atoms in total. The monoisotopic (exact) mass is 427 g/mol. The van der Waals surface area contributed by atoms with Gasteiger partial charge in [-0.3, -0.25) is 4.79 Å². The van der Waals surface area contributed by atoms with Crippen LogP contribution in [-0.2, 0) is 0 Å². The molecule has 0 unspecified atom stereocenters. The van der Waals surface area contributed by atoms with Crippen molar-refractivity contribution in [2.45, 2.75) is 39.0 Å². The van der Waals surface area contributed by atoms with E-state index in [0.29, 0.717) is 23.2 Å². The second-order valence-electron chi connectivity index (χ2n) is 8.31. The molecular weight excluding hydrogens is 402 g/mol. The number of ether oxygens (including phenoxy) is 3. The van der Waals surface area contributed by atoms with Gasteiger partial charge in [-0.05, 0) is 62.6 Å². The van der Waals surface area contributed by atoms with Crippen molar-refractivity contribution >= 4 is 0 Å². The summed E-state index contributed by atoms with van der Waals surface area (Å²) in [4.78, 5) is 12.9. The zero-order chi connectivity index (χ0) is 22.1. The first-order valence-electron chi connectivity index (χ1n) is 11.0. The van der Waals surface area contributed by atoms with Gasteiger partial charge in [0.05, 0.1) is 6.04 Å². The molecule has 0 radical (unpaired) electrons. The Labute approximate surface area is 187 Å². The first kappa shape index (κ1) is 20.3. The first-order chi connectivity index (χ1) is 15.6. The molecule has 1 atom stereocenters. The molecule has 2 aliphatic rings. The normalized spacial score (nSPS) is 15.7. The van der Waals surface area contributed by atoms with Crippen LogP contribution in [0.1, 0.15) is 42.6 Å². The maximum Gasteiger partial charge on any atom is 0.275 e. The van der Waals surface area contributed by atoms with Gasteiger partial charge in [0.15, 0.2) is 18.1 Å². The lowest BCUT2D eigenvalue weighted by molar-refractivity contribution is 0.00773. The molecule has 3 aromatic rings. The van der Waals surface area contributed by atoms with Gasteiger partial charge in [-0.15, -0.1) is 0 Å². The van der Waals surface area contributed by atoms with E-state index in [1.54, 1.807) is 4.57 Å². The zero-order valence-electron chi connectivity index (χ0n) is 18.2. The van der Waals surface area contributed by atoms with E-state index < -0.39 is 6.29 Å². The lowest BCUT2D eigenvalue weighted by Crippen LogP contribution is -2.28. The second kappa shape index (κ2) is 8.47. The van der Waals surface area contributed by atoms with Crippen LogP contribution in [0, 0.1) is 24.7 Å². The van der Waals surface area contributed by atoms with Gasteiger partial charge in [-0.2, -0.15) is 0 Å².